The Kier molecular flexibility index (Phi) is 5.50. The molecule has 1 aromatic heterocycles. The van der Waals surface area contributed by atoms with E-state index in [0.29, 0.717) is 18.2 Å². The Balaban J connectivity index is 1.32. The Labute approximate surface area is 165 Å². The zero-order chi connectivity index (χ0) is 19.6. The molecule has 6 nitrogen and oxygen atoms in total. The maximum absolute atomic E-state index is 13.8. The lowest BCUT2D eigenvalue weighted by molar-refractivity contribution is 0.519. The first kappa shape index (κ1) is 19.1. The zero-order valence-electron chi connectivity index (χ0n) is 15.6. The van der Waals surface area contributed by atoms with Crippen molar-refractivity contribution in [2.45, 2.75) is 36.6 Å². The van der Waals surface area contributed by atoms with Crippen LogP contribution in [-0.4, -0.2) is 39.1 Å². The van der Waals surface area contributed by atoms with E-state index in [0.717, 1.165) is 44.6 Å². The molecule has 1 aromatic carbocycles. The summed E-state index contributed by atoms with van der Waals surface area (Å²) in [7, 11) is -3.49. The summed E-state index contributed by atoms with van der Waals surface area (Å²) in [5.41, 5.74) is 0.535. The van der Waals surface area contributed by atoms with Crippen molar-refractivity contribution in [2.75, 3.05) is 29.9 Å². The van der Waals surface area contributed by atoms with Crippen molar-refractivity contribution in [3.8, 4) is 0 Å². The van der Waals surface area contributed by atoms with Gasteiger partial charge in [-0.15, -0.1) is 0 Å². The molecule has 2 aromatic rings. The van der Waals surface area contributed by atoms with Crippen LogP contribution < -0.4 is 14.9 Å². The van der Waals surface area contributed by atoms with Crippen LogP contribution in [0.1, 0.15) is 25.7 Å². The quantitative estimate of drug-likeness (QED) is 0.742. The molecule has 0 unspecified atom stereocenters. The molecule has 0 amide bonds. The highest BCUT2D eigenvalue weighted by atomic mass is 32.2. The van der Waals surface area contributed by atoms with Gasteiger partial charge in [-0.3, -0.25) is 0 Å². The normalized spacial score (nSPS) is 18.2. The van der Waals surface area contributed by atoms with Crippen molar-refractivity contribution >= 4 is 21.5 Å². The van der Waals surface area contributed by atoms with Crippen molar-refractivity contribution in [1.29, 1.82) is 0 Å². The van der Waals surface area contributed by atoms with Gasteiger partial charge >= 0.3 is 0 Å². The van der Waals surface area contributed by atoms with E-state index in [1.807, 2.05) is 6.07 Å². The monoisotopic (exact) mass is 404 g/mol. The molecule has 0 spiro atoms. The number of benzene rings is 1. The number of hydrogen-bond donors (Lipinski definition) is 2. The summed E-state index contributed by atoms with van der Waals surface area (Å²) in [4.78, 5) is 6.70. The van der Waals surface area contributed by atoms with E-state index in [1.165, 1.54) is 12.3 Å². The Morgan fingerprint density at radius 2 is 1.82 bits per heavy atom. The lowest BCUT2D eigenvalue weighted by Gasteiger charge is -2.33. The van der Waals surface area contributed by atoms with Crippen LogP contribution in [0.3, 0.4) is 0 Å². The maximum atomic E-state index is 13.8. The number of rotatable bonds is 7. The number of nitrogens with zero attached hydrogens (tertiary/aromatic N) is 2. The summed E-state index contributed by atoms with van der Waals surface area (Å²) in [5, 5.41) is 3.27. The van der Waals surface area contributed by atoms with Crippen LogP contribution in [0.2, 0.25) is 0 Å². The number of anilines is 2. The van der Waals surface area contributed by atoms with E-state index in [4.69, 9.17) is 0 Å². The van der Waals surface area contributed by atoms with Crippen molar-refractivity contribution in [3.63, 3.8) is 0 Å². The molecule has 2 N–H and O–H groups in total. The molecule has 0 bridgehead atoms. The van der Waals surface area contributed by atoms with Gasteiger partial charge in [0.1, 0.15) is 16.5 Å². The molecule has 2 heterocycles. The molecule has 1 saturated carbocycles. The Morgan fingerprint density at radius 3 is 2.46 bits per heavy atom. The van der Waals surface area contributed by atoms with Gasteiger partial charge in [-0.25, -0.2) is 22.5 Å². The Bertz CT molecular complexity index is 908. The molecule has 2 fully saturated rings. The largest absolute Gasteiger partial charge is 0.380 e. The van der Waals surface area contributed by atoms with E-state index in [1.54, 1.807) is 24.3 Å². The van der Waals surface area contributed by atoms with Gasteiger partial charge in [-0.05, 0) is 55.9 Å². The number of para-hydroxylation sites is 1. The Morgan fingerprint density at radius 1 is 1.07 bits per heavy atom. The molecule has 0 radical (unpaired) electrons. The summed E-state index contributed by atoms with van der Waals surface area (Å²) in [6.07, 6.45) is 5.34. The van der Waals surface area contributed by atoms with Crippen LogP contribution in [0.4, 0.5) is 15.9 Å². The highest BCUT2D eigenvalue weighted by Gasteiger charge is 2.25. The number of halogens is 1. The first-order chi connectivity index (χ1) is 13.5. The van der Waals surface area contributed by atoms with Crippen LogP contribution in [0.25, 0.3) is 0 Å². The number of hydrogen-bond acceptors (Lipinski definition) is 5. The summed E-state index contributed by atoms with van der Waals surface area (Å²) < 4.78 is 41.0. The lowest BCUT2D eigenvalue weighted by Crippen LogP contribution is -2.39. The summed E-state index contributed by atoms with van der Waals surface area (Å²) in [6, 6.07) is 10.3. The van der Waals surface area contributed by atoms with Crippen LogP contribution in [-0.2, 0) is 10.0 Å². The third-order valence-electron chi connectivity index (χ3n) is 5.34. The Hall–Kier alpha value is -2.19. The second kappa shape index (κ2) is 8.05. The van der Waals surface area contributed by atoms with E-state index in [9.17, 15) is 12.8 Å². The van der Waals surface area contributed by atoms with Crippen molar-refractivity contribution in [2.24, 2.45) is 5.92 Å². The predicted octanol–water partition coefficient (Wildman–Crippen LogP) is 2.99. The van der Waals surface area contributed by atoms with Crippen LogP contribution in [0, 0.1) is 11.7 Å². The van der Waals surface area contributed by atoms with Gasteiger partial charge in [0.05, 0.1) is 5.69 Å². The van der Waals surface area contributed by atoms with Crippen LogP contribution in [0.5, 0.6) is 0 Å². The van der Waals surface area contributed by atoms with Crippen molar-refractivity contribution in [1.82, 2.24) is 9.71 Å². The molecule has 2 aliphatic rings. The molecule has 1 aliphatic heterocycles. The highest BCUT2D eigenvalue weighted by molar-refractivity contribution is 7.89. The van der Waals surface area contributed by atoms with Gasteiger partial charge in [0.25, 0.3) is 0 Å². The van der Waals surface area contributed by atoms with E-state index in [-0.39, 0.29) is 16.8 Å². The second-order valence-corrected chi connectivity index (χ2v) is 9.30. The average Bonchev–Trinajstić information content (AvgIpc) is 3.54. The van der Waals surface area contributed by atoms with Gasteiger partial charge in [-0.2, -0.15) is 0 Å². The highest BCUT2D eigenvalue weighted by Crippen LogP contribution is 2.28. The molecule has 28 heavy (non-hydrogen) atoms. The zero-order valence-corrected chi connectivity index (χ0v) is 16.5. The predicted molar refractivity (Wildman–Crippen MR) is 107 cm³/mol. The fraction of sp³-hybridized carbons (Fsp3) is 0.450. The minimum absolute atomic E-state index is 0.202. The van der Waals surface area contributed by atoms with E-state index < -0.39 is 10.0 Å². The van der Waals surface area contributed by atoms with E-state index in [2.05, 4.69) is 19.9 Å². The molecular formula is C20H25FN4O2S. The summed E-state index contributed by atoms with van der Waals surface area (Å²) >= 11 is 0. The standard InChI is InChI=1S/C20H25FN4O2S/c21-18-3-1-2-4-19(18)24-16-9-11-25(12-10-16)20-8-7-17(14-22-20)28(26,27)23-13-15-5-6-15/h1-4,7-8,14-16,23-24H,5-6,9-13H2. The van der Waals surface area contributed by atoms with Crippen LogP contribution in [0.15, 0.2) is 47.5 Å². The number of nitrogens with one attached hydrogen (secondary N) is 2. The summed E-state index contributed by atoms with van der Waals surface area (Å²) in [6.45, 7) is 2.07. The molecule has 1 saturated heterocycles. The topological polar surface area (TPSA) is 74.3 Å². The van der Waals surface area contributed by atoms with Crippen molar-refractivity contribution < 1.29 is 12.8 Å². The van der Waals surface area contributed by atoms with E-state index >= 15 is 0 Å². The molecule has 4 rings (SSSR count). The third kappa shape index (κ3) is 4.62. The lowest BCUT2D eigenvalue weighted by atomic mass is 10.0. The first-order valence-corrected chi connectivity index (χ1v) is 11.2. The SMILES string of the molecule is O=S(=O)(NCC1CC1)c1ccc(N2CCC(Nc3ccccc3F)CC2)nc1. The number of pyridine rings is 1. The molecule has 150 valence electrons. The van der Waals surface area contributed by atoms with Crippen molar-refractivity contribution in [3.05, 3.63) is 48.4 Å². The van der Waals surface area contributed by atoms with Gasteiger partial charge < -0.3 is 10.2 Å². The average molecular weight is 405 g/mol. The van der Waals surface area contributed by atoms with Gasteiger partial charge in [0.2, 0.25) is 10.0 Å². The minimum Gasteiger partial charge on any atom is -0.380 e. The maximum Gasteiger partial charge on any atom is 0.242 e. The van der Waals surface area contributed by atoms with Gasteiger partial charge in [0.15, 0.2) is 0 Å². The minimum atomic E-state index is -3.49. The molecule has 0 atom stereocenters. The third-order valence-corrected chi connectivity index (χ3v) is 6.75. The molecular weight excluding hydrogens is 379 g/mol. The van der Waals surface area contributed by atoms with Gasteiger partial charge in [-0.1, -0.05) is 12.1 Å². The number of aromatic nitrogens is 1. The van der Waals surface area contributed by atoms with Gasteiger partial charge in [0, 0.05) is 31.9 Å². The molecule has 1 aliphatic carbocycles. The fourth-order valence-corrected chi connectivity index (χ4v) is 4.46. The summed E-state index contributed by atoms with van der Waals surface area (Å²) in [5.74, 6) is 1.02. The molecule has 8 heteroatoms. The second-order valence-electron chi connectivity index (χ2n) is 7.53. The fourth-order valence-electron chi connectivity index (χ4n) is 3.40. The smallest absolute Gasteiger partial charge is 0.242 e. The number of sulfonamides is 1. The van der Waals surface area contributed by atoms with Crippen LogP contribution >= 0.6 is 0 Å². The first-order valence-electron chi connectivity index (χ1n) is 9.73. The number of piperidine rings is 1.